The summed E-state index contributed by atoms with van der Waals surface area (Å²) in [6.45, 7) is 5.83. The highest BCUT2D eigenvalue weighted by atomic mass is 15.1. The van der Waals surface area contributed by atoms with Crippen LogP contribution in [0.1, 0.15) is 13.3 Å². The Morgan fingerprint density at radius 1 is 1.46 bits per heavy atom. The van der Waals surface area contributed by atoms with E-state index in [1.54, 1.807) is 0 Å². The summed E-state index contributed by atoms with van der Waals surface area (Å²) < 4.78 is 0. The maximum absolute atomic E-state index is 4.10. The normalized spacial score (nSPS) is 27.8. The van der Waals surface area contributed by atoms with Crippen molar-refractivity contribution in [2.75, 3.05) is 14.1 Å². The molecule has 0 amide bonds. The van der Waals surface area contributed by atoms with E-state index < -0.39 is 0 Å². The molecule has 2 heteroatoms. The van der Waals surface area contributed by atoms with Gasteiger partial charge in [0.1, 0.15) is 6.04 Å². The van der Waals surface area contributed by atoms with Gasteiger partial charge in [-0.15, -0.1) is 0 Å². The topological polar surface area (TPSA) is 15.6 Å². The fourth-order valence-electron chi connectivity index (χ4n) is 1.50. The quantitative estimate of drug-likeness (QED) is 0.467. The molecule has 0 fully saturated rings. The zero-order valence-corrected chi connectivity index (χ0v) is 8.70. The Balaban J connectivity index is 2.89. The van der Waals surface area contributed by atoms with E-state index in [4.69, 9.17) is 0 Å². The molecule has 1 aliphatic carbocycles. The smallest absolute Gasteiger partial charge is 0.107 e. The third-order valence-corrected chi connectivity index (χ3v) is 2.34. The van der Waals surface area contributed by atoms with Crippen LogP contribution in [0.15, 0.2) is 28.9 Å². The Morgan fingerprint density at radius 2 is 2.15 bits per heavy atom. The highest BCUT2D eigenvalue weighted by Crippen LogP contribution is 2.19. The van der Waals surface area contributed by atoms with Crippen molar-refractivity contribution >= 4 is 6.72 Å². The second-order valence-electron chi connectivity index (χ2n) is 3.75. The van der Waals surface area contributed by atoms with Crippen molar-refractivity contribution in [3.8, 4) is 0 Å². The van der Waals surface area contributed by atoms with Crippen molar-refractivity contribution in [3.63, 3.8) is 0 Å². The molecule has 0 saturated heterocycles. The Morgan fingerprint density at radius 3 is 2.69 bits per heavy atom. The lowest BCUT2D eigenvalue weighted by atomic mass is 10.1. The van der Waals surface area contributed by atoms with Crippen LogP contribution in [-0.2, 0) is 0 Å². The van der Waals surface area contributed by atoms with Gasteiger partial charge < -0.3 is 4.90 Å². The van der Waals surface area contributed by atoms with E-state index in [2.05, 4.69) is 41.8 Å². The second kappa shape index (κ2) is 4.26. The lowest BCUT2D eigenvalue weighted by Crippen LogP contribution is -2.20. The summed E-state index contributed by atoms with van der Waals surface area (Å²) in [5.41, 5.74) is 1.25. The molecule has 0 saturated carbocycles. The molecule has 2 unspecified atom stereocenters. The van der Waals surface area contributed by atoms with Crippen LogP contribution in [0.5, 0.6) is 0 Å². The average Bonchev–Trinajstić information content (AvgIpc) is 2.26. The van der Waals surface area contributed by atoms with Crippen LogP contribution in [0.4, 0.5) is 0 Å². The Hall–Kier alpha value is -1.05. The third-order valence-electron chi connectivity index (χ3n) is 2.34. The summed E-state index contributed by atoms with van der Waals surface area (Å²) in [4.78, 5) is 6.21. The van der Waals surface area contributed by atoms with Gasteiger partial charge in [-0.1, -0.05) is 25.2 Å². The molecule has 0 N–H and O–H groups in total. The highest BCUT2D eigenvalue weighted by Gasteiger charge is 2.13. The molecule has 0 radical (unpaired) electrons. The predicted octanol–water partition coefficient (Wildman–Crippen LogP) is 2.10. The largest absolute Gasteiger partial charge is 0.379 e. The minimum absolute atomic E-state index is 0.139. The summed E-state index contributed by atoms with van der Waals surface area (Å²) in [6.07, 6.45) is 7.70. The van der Waals surface area contributed by atoms with Crippen molar-refractivity contribution in [2.45, 2.75) is 19.4 Å². The first-order chi connectivity index (χ1) is 6.15. The van der Waals surface area contributed by atoms with Crippen LogP contribution >= 0.6 is 0 Å². The summed E-state index contributed by atoms with van der Waals surface area (Å²) in [7, 11) is 4.10. The number of rotatable bonds is 2. The van der Waals surface area contributed by atoms with Gasteiger partial charge >= 0.3 is 0 Å². The van der Waals surface area contributed by atoms with Crippen molar-refractivity contribution in [3.05, 3.63) is 23.9 Å². The van der Waals surface area contributed by atoms with E-state index in [1.807, 2.05) is 14.1 Å². The van der Waals surface area contributed by atoms with Gasteiger partial charge in [0.25, 0.3) is 0 Å². The molecule has 1 rings (SSSR count). The number of nitrogens with zero attached hydrogens (tertiary/aromatic N) is 2. The maximum Gasteiger partial charge on any atom is 0.107 e. The van der Waals surface area contributed by atoms with Gasteiger partial charge in [-0.3, -0.25) is 4.99 Å². The number of aliphatic imine (C=N–C) groups is 1. The monoisotopic (exact) mass is 178 g/mol. The second-order valence-corrected chi connectivity index (χ2v) is 3.75. The standard InChI is InChI=1S/C11H18N2/c1-9-5-7-10(12-2)11(8-6-9)13(3)4/h5,7-10H,2,6H2,1,3-4H3. The summed E-state index contributed by atoms with van der Waals surface area (Å²) in [5, 5.41) is 0. The summed E-state index contributed by atoms with van der Waals surface area (Å²) in [6, 6.07) is 0.139. The van der Waals surface area contributed by atoms with Gasteiger partial charge in [0.05, 0.1) is 0 Å². The first-order valence-corrected chi connectivity index (χ1v) is 4.66. The third kappa shape index (κ3) is 2.44. The van der Waals surface area contributed by atoms with E-state index in [0.717, 1.165) is 6.42 Å². The van der Waals surface area contributed by atoms with E-state index >= 15 is 0 Å². The van der Waals surface area contributed by atoms with Gasteiger partial charge in [0, 0.05) is 19.8 Å². The van der Waals surface area contributed by atoms with Gasteiger partial charge in [-0.2, -0.15) is 0 Å². The number of allylic oxidation sites excluding steroid dienone is 2. The SMILES string of the molecule is C=NC1C=CC(C)CC=C1N(C)C. The van der Waals surface area contributed by atoms with Crippen LogP contribution in [0, 0.1) is 5.92 Å². The van der Waals surface area contributed by atoms with E-state index in [9.17, 15) is 0 Å². The molecule has 72 valence electrons. The molecule has 0 aromatic rings. The minimum Gasteiger partial charge on any atom is -0.379 e. The van der Waals surface area contributed by atoms with E-state index in [0.29, 0.717) is 5.92 Å². The van der Waals surface area contributed by atoms with Crippen molar-refractivity contribution in [2.24, 2.45) is 10.9 Å². The molecule has 0 aromatic carbocycles. The van der Waals surface area contributed by atoms with E-state index in [1.165, 1.54) is 5.70 Å². The van der Waals surface area contributed by atoms with Crippen LogP contribution in [0.25, 0.3) is 0 Å². The predicted molar refractivity (Wildman–Crippen MR) is 58.0 cm³/mol. The minimum atomic E-state index is 0.139. The van der Waals surface area contributed by atoms with E-state index in [-0.39, 0.29) is 6.04 Å². The molecular formula is C11H18N2. The molecule has 2 atom stereocenters. The molecule has 0 spiro atoms. The molecular weight excluding hydrogens is 160 g/mol. The molecule has 0 aliphatic heterocycles. The summed E-state index contributed by atoms with van der Waals surface area (Å²) in [5.74, 6) is 0.613. The van der Waals surface area contributed by atoms with Crippen molar-refractivity contribution in [1.29, 1.82) is 0 Å². The van der Waals surface area contributed by atoms with Crippen LogP contribution in [-0.4, -0.2) is 31.8 Å². The molecule has 1 aliphatic rings. The highest BCUT2D eigenvalue weighted by molar-refractivity contribution is 5.31. The molecule has 13 heavy (non-hydrogen) atoms. The zero-order valence-electron chi connectivity index (χ0n) is 8.70. The van der Waals surface area contributed by atoms with Crippen LogP contribution < -0.4 is 0 Å². The molecule has 0 heterocycles. The average molecular weight is 178 g/mol. The fraction of sp³-hybridized carbons (Fsp3) is 0.545. The first-order valence-electron chi connectivity index (χ1n) is 4.66. The van der Waals surface area contributed by atoms with Gasteiger partial charge in [-0.05, 0) is 19.1 Å². The maximum atomic E-state index is 4.10. The summed E-state index contributed by atoms with van der Waals surface area (Å²) >= 11 is 0. The molecule has 0 aromatic heterocycles. The lowest BCUT2D eigenvalue weighted by Gasteiger charge is -2.20. The van der Waals surface area contributed by atoms with Crippen LogP contribution in [0.3, 0.4) is 0 Å². The van der Waals surface area contributed by atoms with Crippen molar-refractivity contribution in [1.82, 2.24) is 4.90 Å². The Kier molecular flexibility index (Phi) is 3.29. The van der Waals surface area contributed by atoms with Gasteiger partial charge in [0.15, 0.2) is 0 Å². The number of hydrogen-bond donors (Lipinski definition) is 0. The Bertz CT molecular complexity index is 238. The number of hydrogen-bond acceptors (Lipinski definition) is 2. The zero-order chi connectivity index (χ0) is 9.84. The van der Waals surface area contributed by atoms with Crippen molar-refractivity contribution < 1.29 is 0 Å². The lowest BCUT2D eigenvalue weighted by molar-refractivity contribution is 0.481. The molecule has 0 bridgehead atoms. The van der Waals surface area contributed by atoms with Gasteiger partial charge in [0.2, 0.25) is 0 Å². The first kappa shape index (κ1) is 10.0. The Labute approximate surface area is 80.7 Å². The molecule has 2 nitrogen and oxygen atoms in total. The van der Waals surface area contributed by atoms with Crippen LogP contribution in [0.2, 0.25) is 0 Å². The number of likely N-dealkylation sites (N-methyl/N-ethyl adjacent to an activating group) is 1. The van der Waals surface area contributed by atoms with Gasteiger partial charge in [-0.25, -0.2) is 0 Å². The fourth-order valence-corrected chi connectivity index (χ4v) is 1.50.